The Kier molecular flexibility index (Phi) is 2.28. The fraction of sp³-hybridized carbons (Fsp3) is 0.900. The highest BCUT2D eigenvalue weighted by molar-refractivity contribution is 5.79. The molecule has 3 nitrogen and oxygen atoms in total. The average Bonchev–Trinajstić information content (AvgIpc) is 2.14. The Bertz CT molecular complexity index is 201. The van der Waals surface area contributed by atoms with Crippen LogP contribution in [0.5, 0.6) is 0 Å². The minimum Gasteiger partial charge on any atom is -0.359 e. The first-order valence-electron chi connectivity index (χ1n) is 5.18. The number of carbonyl (C=O) groups excluding carboxylic acids is 1. The largest absolute Gasteiger partial charge is 0.359 e. The number of hydrogen-bond donors (Lipinski definition) is 2. The van der Waals surface area contributed by atoms with Gasteiger partial charge in [-0.3, -0.25) is 4.79 Å². The molecule has 1 heterocycles. The number of nitrogens with one attached hydrogen (secondary N) is 2. The molecule has 2 rings (SSSR count). The zero-order valence-electron chi connectivity index (χ0n) is 8.23. The normalized spacial score (nSPS) is 26.8. The van der Waals surface area contributed by atoms with Crippen molar-refractivity contribution < 1.29 is 4.79 Å². The molecule has 1 aliphatic carbocycles. The summed E-state index contributed by atoms with van der Waals surface area (Å²) in [6.07, 6.45) is 4.77. The smallest absolute Gasteiger partial charge is 0.222 e. The molecule has 1 amide bonds. The predicted octanol–water partition coefficient (Wildman–Crippen LogP) is 0.512. The van der Waals surface area contributed by atoms with Crippen LogP contribution in [0, 0.1) is 11.3 Å². The number of rotatable bonds is 1. The van der Waals surface area contributed by atoms with Crippen LogP contribution in [0.3, 0.4) is 0 Å². The van der Waals surface area contributed by atoms with Gasteiger partial charge in [0.1, 0.15) is 0 Å². The zero-order valence-corrected chi connectivity index (χ0v) is 8.23. The van der Waals surface area contributed by atoms with Crippen LogP contribution in [-0.2, 0) is 4.79 Å². The molecular formula is C10H18N2O. The Hall–Kier alpha value is -0.570. The molecule has 0 radical (unpaired) electrons. The quantitative estimate of drug-likeness (QED) is 0.620. The molecule has 1 saturated heterocycles. The molecule has 0 bridgehead atoms. The first kappa shape index (κ1) is 9.00. The van der Waals surface area contributed by atoms with Gasteiger partial charge in [-0.05, 0) is 44.2 Å². The molecule has 1 saturated carbocycles. The van der Waals surface area contributed by atoms with Crippen molar-refractivity contribution in [1.82, 2.24) is 10.6 Å². The van der Waals surface area contributed by atoms with Crippen molar-refractivity contribution >= 4 is 5.91 Å². The lowest BCUT2D eigenvalue weighted by Crippen LogP contribution is -2.49. The van der Waals surface area contributed by atoms with Gasteiger partial charge in [0.2, 0.25) is 5.91 Å². The van der Waals surface area contributed by atoms with Gasteiger partial charge in [-0.15, -0.1) is 0 Å². The van der Waals surface area contributed by atoms with Crippen molar-refractivity contribution in [3.63, 3.8) is 0 Å². The van der Waals surface area contributed by atoms with Crippen molar-refractivity contribution in [1.29, 1.82) is 0 Å². The van der Waals surface area contributed by atoms with Gasteiger partial charge in [-0.25, -0.2) is 0 Å². The maximum Gasteiger partial charge on any atom is 0.222 e. The Morgan fingerprint density at radius 3 is 2.54 bits per heavy atom. The lowest BCUT2D eigenvalue weighted by molar-refractivity contribution is -0.133. The van der Waals surface area contributed by atoms with Crippen LogP contribution in [0.4, 0.5) is 0 Å². The molecule has 0 unspecified atom stereocenters. The summed E-state index contributed by atoms with van der Waals surface area (Å²) in [6, 6.07) is 0. The van der Waals surface area contributed by atoms with E-state index in [9.17, 15) is 4.79 Å². The van der Waals surface area contributed by atoms with Gasteiger partial charge in [0.25, 0.3) is 0 Å². The highest BCUT2D eigenvalue weighted by Gasteiger charge is 2.46. The Balaban J connectivity index is 1.85. The minimum absolute atomic E-state index is 0.240. The van der Waals surface area contributed by atoms with E-state index in [2.05, 4.69) is 10.6 Å². The summed E-state index contributed by atoms with van der Waals surface area (Å²) in [5.74, 6) is 0.548. The van der Waals surface area contributed by atoms with Gasteiger partial charge in [0.05, 0.1) is 0 Å². The molecule has 1 aliphatic heterocycles. The van der Waals surface area contributed by atoms with E-state index in [0.29, 0.717) is 11.3 Å². The molecule has 13 heavy (non-hydrogen) atoms. The molecule has 0 aromatic heterocycles. The van der Waals surface area contributed by atoms with E-state index in [-0.39, 0.29) is 5.91 Å². The minimum atomic E-state index is 0.240. The third-order valence-corrected chi connectivity index (χ3v) is 3.64. The fourth-order valence-electron chi connectivity index (χ4n) is 2.74. The number of carbonyl (C=O) groups is 1. The predicted molar refractivity (Wildman–Crippen MR) is 51.3 cm³/mol. The van der Waals surface area contributed by atoms with Crippen LogP contribution in [0.25, 0.3) is 0 Å². The zero-order chi connectivity index (χ0) is 9.31. The monoisotopic (exact) mass is 182 g/mol. The van der Waals surface area contributed by atoms with Crippen LogP contribution < -0.4 is 10.6 Å². The van der Waals surface area contributed by atoms with E-state index in [1.165, 1.54) is 12.8 Å². The summed E-state index contributed by atoms with van der Waals surface area (Å²) in [5.41, 5.74) is 0.530. The van der Waals surface area contributed by atoms with E-state index >= 15 is 0 Å². The van der Waals surface area contributed by atoms with Crippen molar-refractivity contribution in [3.05, 3.63) is 0 Å². The van der Waals surface area contributed by atoms with Crippen molar-refractivity contribution in [3.8, 4) is 0 Å². The summed E-state index contributed by atoms with van der Waals surface area (Å²) in [6.45, 7) is 2.28. The highest BCUT2D eigenvalue weighted by atomic mass is 16.1. The molecular weight excluding hydrogens is 164 g/mol. The van der Waals surface area contributed by atoms with E-state index in [1.807, 2.05) is 0 Å². The second kappa shape index (κ2) is 3.29. The molecule has 3 heteroatoms. The van der Waals surface area contributed by atoms with Gasteiger partial charge in [-0.1, -0.05) is 0 Å². The molecule has 2 N–H and O–H groups in total. The standard InChI is InChI=1S/C10H18N2O/c1-11-9(13)8-6-10(7-8)2-4-12-5-3-10/h8,12H,2-7H2,1H3,(H,11,13). The molecule has 1 spiro atoms. The fourth-order valence-corrected chi connectivity index (χ4v) is 2.74. The van der Waals surface area contributed by atoms with Crippen molar-refractivity contribution in [2.45, 2.75) is 25.7 Å². The van der Waals surface area contributed by atoms with Crippen molar-refractivity contribution in [2.75, 3.05) is 20.1 Å². The Morgan fingerprint density at radius 1 is 1.38 bits per heavy atom. The number of amides is 1. The third-order valence-electron chi connectivity index (χ3n) is 3.64. The molecule has 0 atom stereocenters. The summed E-state index contributed by atoms with van der Waals surface area (Å²) in [7, 11) is 1.73. The van der Waals surface area contributed by atoms with Crippen LogP contribution in [0.2, 0.25) is 0 Å². The average molecular weight is 182 g/mol. The van der Waals surface area contributed by atoms with E-state index < -0.39 is 0 Å². The van der Waals surface area contributed by atoms with Gasteiger partial charge in [-0.2, -0.15) is 0 Å². The summed E-state index contributed by atoms with van der Waals surface area (Å²) in [5, 5.41) is 6.10. The van der Waals surface area contributed by atoms with E-state index in [1.54, 1.807) is 7.05 Å². The Morgan fingerprint density at radius 2 is 2.00 bits per heavy atom. The second-order valence-corrected chi connectivity index (χ2v) is 4.47. The van der Waals surface area contributed by atoms with Crippen LogP contribution in [0.1, 0.15) is 25.7 Å². The lowest BCUT2D eigenvalue weighted by atomic mass is 9.57. The van der Waals surface area contributed by atoms with Crippen LogP contribution >= 0.6 is 0 Å². The van der Waals surface area contributed by atoms with Crippen LogP contribution in [0.15, 0.2) is 0 Å². The Labute approximate surface area is 79.3 Å². The third kappa shape index (κ3) is 1.57. The van der Waals surface area contributed by atoms with E-state index in [0.717, 1.165) is 25.9 Å². The molecule has 74 valence electrons. The summed E-state index contributed by atoms with van der Waals surface area (Å²) < 4.78 is 0. The maximum atomic E-state index is 11.3. The first-order valence-corrected chi connectivity index (χ1v) is 5.18. The second-order valence-electron chi connectivity index (χ2n) is 4.47. The number of hydrogen-bond acceptors (Lipinski definition) is 2. The number of piperidine rings is 1. The van der Waals surface area contributed by atoms with Crippen molar-refractivity contribution in [2.24, 2.45) is 11.3 Å². The van der Waals surface area contributed by atoms with Gasteiger partial charge in [0, 0.05) is 13.0 Å². The SMILES string of the molecule is CNC(=O)C1CC2(CCNCC2)C1. The molecule has 2 aliphatic rings. The summed E-state index contributed by atoms with van der Waals surface area (Å²) in [4.78, 5) is 11.3. The first-order chi connectivity index (χ1) is 6.26. The lowest BCUT2D eigenvalue weighted by Gasteiger charge is -2.49. The van der Waals surface area contributed by atoms with Gasteiger partial charge in [0.15, 0.2) is 0 Å². The van der Waals surface area contributed by atoms with Gasteiger partial charge < -0.3 is 10.6 Å². The highest BCUT2D eigenvalue weighted by Crippen LogP contribution is 2.51. The van der Waals surface area contributed by atoms with E-state index in [4.69, 9.17) is 0 Å². The maximum absolute atomic E-state index is 11.3. The summed E-state index contributed by atoms with van der Waals surface area (Å²) >= 11 is 0. The van der Waals surface area contributed by atoms with Crippen LogP contribution in [-0.4, -0.2) is 26.0 Å². The van der Waals surface area contributed by atoms with Gasteiger partial charge >= 0.3 is 0 Å². The molecule has 0 aromatic rings. The molecule has 2 fully saturated rings. The topological polar surface area (TPSA) is 41.1 Å². The molecule has 0 aromatic carbocycles.